The van der Waals surface area contributed by atoms with Gasteiger partial charge in [0.1, 0.15) is 11.6 Å². The van der Waals surface area contributed by atoms with E-state index in [1.807, 2.05) is 74.5 Å². The van der Waals surface area contributed by atoms with Gasteiger partial charge in [-0.15, -0.1) is 0 Å². The Morgan fingerprint density at radius 2 is 1.53 bits per heavy atom. The molecule has 0 heterocycles. The SMILES string of the molecule is CC(C)C=C(CC(=O)NOCc1ccccc1)C(=O)N(Cc1ccccc1)[C@@H](CCCCNC(=O)OC(C)(C)C)C(N)=O. The average molecular weight is 595 g/mol. The molecule has 10 nitrogen and oxygen atoms in total. The summed E-state index contributed by atoms with van der Waals surface area (Å²) in [6, 6.07) is 17.7. The van der Waals surface area contributed by atoms with Crippen LogP contribution >= 0.6 is 0 Å². The van der Waals surface area contributed by atoms with Crippen molar-refractivity contribution in [3.05, 3.63) is 83.4 Å². The molecule has 43 heavy (non-hydrogen) atoms. The van der Waals surface area contributed by atoms with Crippen molar-refractivity contribution in [2.24, 2.45) is 11.7 Å². The molecule has 2 aromatic rings. The van der Waals surface area contributed by atoms with E-state index in [4.69, 9.17) is 15.3 Å². The van der Waals surface area contributed by atoms with Crippen LogP contribution in [0.3, 0.4) is 0 Å². The Balaban J connectivity index is 2.15. The van der Waals surface area contributed by atoms with Crippen molar-refractivity contribution in [2.45, 2.75) is 85.1 Å². The van der Waals surface area contributed by atoms with Gasteiger partial charge in [0.15, 0.2) is 0 Å². The first-order valence-corrected chi connectivity index (χ1v) is 14.6. The number of nitrogens with two attached hydrogens (primary N) is 1. The largest absolute Gasteiger partial charge is 0.444 e. The summed E-state index contributed by atoms with van der Waals surface area (Å²) in [6.45, 7) is 9.81. The lowest BCUT2D eigenvalue weighted by atomic mass is 10.0. The maximum atomic E-state index is 14.0. The average Bonchev–Trinajstić information content (AvgIpc) is 2.93. The van der Waals surface area contributed by atoms with Crippen LogP contribution < -0.4 is 16.5 Å². The van der Waals surface area contributed by atoms with Crippen LogP contribution in [0.4, 0.5) is 4.79 Å². The van der Waals surface area contributed by atoms with Crippen LogP contribution in [0.2, 0.25) is 0 Å². The topological polar surface area (TPSA) is 140 Å². The number of primary amides is 1. The molecule has 234 valence electrons. The molecule has 1 atom stereocenters. The van der Waals surface area contributed by atoms with Gasteiger partial charge in [-0.05, 0) is 57.1 Å². The fourth-order valence-electron chi connectivity index (χ4n) is 4.30. The number of hydrogen-bond donors (Lipinski definition) is 3. The normalized spacial score (nSPS) is 12.4. The highest BCUT2D eigenvalue weighted by molar-refractivity contribution is 6.00. The van der Waals surface area contributed by atoms with E-state index in [0.717, 1.165) is 11.1 Å². The standard InChI is InChI=1S/C33H46N4O6/c1-24(2)20-27(21-29(38)36-42-23-26-16-10-7-11-17-26)31(40)37(22-25-14-8-6-9-15-25)28(30(34)39)18-12-13-19-35-32(41)43-33(3,4)5/h6-11,14-17,20,24,28H,12-13,18-19,21-23H2,1-5H3,(H2,34,39)(H,35,41)(H,36,38)/t28-/m0/s1. The third kappa shape index (κ3) is 14.0. The van der Waals surface area contributed by atoms with Gasteiger partial charge in [-0.3, -0.25) is 19.2 Å². The third-order valence-electron chi connectivity index (χ3n) is 6.16. The zero-order chi connectivity index (χ0) is 31.8. The molecule has 10 heteroatoms. The summed E-state index contributed by atoms with van der Waals surface area (Å²) in [5.74, 6) is -1.63. The number of unbranched alkanes of at least 4 members (excludes halogenated alkanes) is 1. The second-order valence-electron chi connectivity index (χ2n) is 11.7. The summed E-state index contributed by atoms with van der Waals surface area (Å²) in [4.78, 5) is 58.3. The molecule has 2 aromatic carbocycles. The van der Waals surface area contributed by atoms with E-state index in [0.29, 0.717) is 19.4 Å². The van der Waals surface area contributed by atoms with E-state index in [2.05, 4.69) is 10.8 Å². The van der Waals surface area contributed by atoms with Crippen LogP contribution in [-0.2, 0) is 37.1 Å². The van der Waals surface area contributed by atoms with Crippen LogP contribution in [-0.4, -0.2) is 46.9 Å². The Morgan fingerprint density at radius 1 is 0.930 bits per heavy atom. The molecule has 2 rings (SSSR count). The molecule has 0 aliphatic heterocycles. The number of allylic oxidation sites excluding steroid dienone is 1. The molecular formula is C33H46N4O6. The number of carbonyl (C=O) groups is 4. The molecule has 0 spiro atoms. The number of ether oxygens (including phenoxy) is 1. The van der Waals surface area contributed by atoms with Gasteiger partial charge in [0.25, 0.3) is 5.91 Å². The Morgan fingerprint density at radius 3 is 2.09 bits per heavy atom. The lowest BCUT2D eigenvalue weighted by Crippen LogP contribution is -2.48. The van der Waals surface area contributed by atoms with Crippen molar-refractivity contribution < 1.29 is 28.8 Å². The maximum Gasteiger partial charge on any atom is 0.407 e. The number of hydrogen-bond acceptors (Lipinski definition) is 6. The molecule has 0 radical (unpaired) electrons. The quantitative estimate of drug-likeness (QED) is 0.145. The highest BCUT2D eigenvalue weighted by Crippen LogP contribution is 2.20. The molecule has 4 N–H and O–H groups in total. The Kier molecular flexibility index (Phi) is 14.4. The fraction of sp³-hybridized carbons (Fsp3) is 0.455. The Bertz CT molecular complexity index is 1210. The van der Waals surface area contributed by atoms with Gasteiger partial charge in [0.2, 0.25) is 11.8 Å². The molecule has 0 saturated heterocycles. The fourth-order valence-corrected chi connectivity index (χ4v) is 4.30. The summed E-state index contributed by atoms with van der Waals surface area (Å²) in [5.41, 5.74) is 9.59. The van der Waals surface area contributed by atoms with Gasteiger partial charge in [-0.2, -0.15) is 0 Å². The molecular weight excluding hydrogens is 548 g/mol. The molecule has 0 aliphatic carbocycles. The Hall–Kier alpha value is -4.18. The summed E-state index contributed by atoms with van der Waals surface area (Å²) in [6.07, 6.45) is 2.31. The zero-order valence-corrected chi connectivity index (χ0v) is 25.9. The van der Waals surface area contributed by atoms with Gasteiger partial charge in [-0.1, -0.05) is 80.6 Å². The Labute approximate surface area is 254 Å². The van der Waals surface area contributed by atoms with Crippen molar-refractivity contribution in [1.29, 1.82) is 0 Å². The predicted octanol–water partition coefficient (Wildman–Crippen LogP) is 4.78. The van der Waals surface area contributed by atoms with Crippen molar-refractivity contribution in [3.63, 3.8) is 0 Å². The summed E-state index contributed by atoms with van der Waals surface area (Å²) in [7, 11) is 0. The van der Waals surface area contributed by atoms with Crippen molar-refractivity contribution in [2.75, 3.05) is 6.54 Å². The third-order valence-corrected chi connectivity index (χ3v) is 6.16. The second-order valence-corrected chi connectivity index (χ2v) is 11.7. The molecule has 0 unspecified atom stereocenters. The van der Waals surface area contributed by atoms with Crippen molar-refractivity contribution >= 4 is 23.8 Å². The molecule has 0 saturated carbocycles. The highest BCUT2D eigenvalue weighted by Gasteiger charge is 2.31. The zero-order valence-electron chi connectivity index (χ0n) is 25.9. The van der Waals surface area contributed by atoms with Crippen LogP contribution in [0.15, 0.2) is 72.3 Å². The minimum absolute atomic E-state index is 0.0403. The lowest BCUT2D eigenvalue weighted by molar-refractivity contribution is -0.139. The smallest absolute Gasteiger partial charge is 0.407 e. The van der Waals surface area contributed by atoms with E-state index in [9.17, 15) is 19.2 Å². The van der Waals surface area contributed by atoms with Gasteiger partial charge in [-0.25, -0.2) is 10.3 Å². The number of carbonyl (C=O) groups excluding carboxylic acids is 4. The summed E-state index contributed by atoms with van der Waals surface area (Å²) < 4.78 is 5.25. The summed E-state index contributed by atoms with van der Waals surface area (Å²) >= 11 is 0. The first-order chi connectivity index (χ1) is 20.4. The van der Waals surface area contributed by atoms with E-state index in [-0.39, 0.29) is 37.5 Å². The molecule has 0 bridgehead atoms. The molecule has 4 amide bonds. The van der Waals surface area contributed by atoms with E-state index in [1.165, 1.54) is 4.90 Å². The minimum Gasteiger partial charge on any atom is -0.444 e. The monoisotopic (exact) mass is 594 g/mol. The predicted molar refractivity (Wildman–Crippen MR) is 165 cm³/mol. The van der Waals surface area contributed by atoms with Crippen molar-refractivity contribution in [1.82, 2.24) is 15.7 Å². The van der Waals surface area contributed by atoms with Gasteiger partial charge < -0.3 is 20.7 Å². The molecule has 0 aromatic heterocycles. The first-order valence-electron chi connectivity index (χ1n) is 14.6. The lowest BCUT2D eigenvalue weighted by Gasteiger charge is -2.31. The van der Waals surface area contributed by atoms with Gasteiger partial charge >= 0.3 is 6.09 Å². The number of alkyl carbamates (subject to hydrolysis) is 1. The molecule has 0 aliphatic rings. The van der Waals surface area contributed by atoms with E-state index < -0.39 is 35.5 Å². The number of nitrogens with zero attached hydrogens (tertiary/aromatic N) is 1. The number of hydroxylamine groups is 1. The van der Waals surface area contributed by atoms with Crippen LogP contribution in [0.25, 0.3) is 0 Å². The summed E-state index contributed by atoms with van der Waals surface area (Å²) in [5, 5.41) is 2.70. The highest BCUT2D eigenvalue weighted by atomic mass is 16.6. The van der Waals surface area contributed by atoms with Crippen LogP contribution in [0.5, 0.6) is 0 Å². The van der Waals surface area contributed by atoms with Crippen LogP contribution in [0, 0.1) is 5.92 Å². The number of nitrogens with one attached hydrogen (secondary N) is 2. The second kappa shape index (κ2) is 17.7. The maximum absolute atomic E-state index is 14.0. The van der Waals surface area contributed by atoms with Gasteiger partial charge in [0, 0.05) is 18.7 Å². The number of amides is 4. The van der Waals surface area contributed by atoms with Crippen LogP contribution in [0.1, 0.15) is 71.4 Å². The molecule has 0 fully saturated rings. The van der Waals surface area contributed by atoms with E-state index in [1.54, 1.807) is 26.8 Å². The van der Waals surface area contributed by atoms with Crippen molar-refractivity contribution in [3.8, 4) is 0 Å². The number of benzene rings is 2. The van der Waals surface area contributed by atoms with Gasteiger partial charge in [0.05, 0.1) is 13.0 Å². The number of rotatable bonds is 16. The van der Waals surface area contributed by atoms with E-state index >= 15 is 0 Å². The first kappa shape index (κ1) is 35.0. The minimum atomic E-state index is -0.929.